The van der Waals surface area contributed by atoms with E-state index in [2.05, 4.69) is 12.3 Å². The van der Waals surface area contributed by atoms with Gasteiger partial charge in [-0.1, -0.05) is 12.1 Å². The molecule has 3 N–H and O–H groups in total. The Morgan fingerprint density at radius 3 is 2.71 bits per heavy atom. The fourth-order valence-corrected chi connectivity index (χ4v) is 2.48. The van der Waals surface area contributed by atoms with E-state index in [1.54, 1.807) is 12.1 Å². The molecule has 0 spiro atoms. The molecule has 17 heavy (non-hydrogen) atoms. The van der Waals surface area contributed by atoms with Crippen molar-refractivity contribution in [2.24, 2.45) is 11.8 Å². The Bertz CT molecular complexity index is 355. The van der Waals surface area contributed by atoms with Gasteiger partial charge in [-0.05, 0) is 37.5 Å². The zero-order valence-electron chi connectivity index (χ0n) is 10.0. The fourth-order valence-electron chi connectivity index (χ4n) is 2.48. The smallest absolute Gasteiger partial charge is 0.123 e. The molecule has 4 heteroatoms. The summed E-state index contributed by atoms with van der Waals surface area (Å²) in [5, 5.41) is 0. The van der Waals surface area contributed by atoms with Gasteiger partial charge >= 0.3 is 0 Å². The molecule has 3 nitrogen and oxygen atoms in total. The molecule has 1 aliphatic rings. The summed E-state index contributed by atoms with van der Waals surface area (Å²) in [6, 6.07) is 6.76. The van der Waals surface area contributed by atoms with E-state index in [1.165, 1.54) is 12.1 Å². The van der Waals surface area contributed by atoms with Gasteiger partial charge in [0.2, 0.25) is 0 Å². The van der Waals surface area contributed by atoms with Gasteiger partial charge in [0.15, 0.2) is 0 Å². The van der Waals surface area contributed by atoms with Crippen molar-refractivity contribution in [2.75, 3.05) is 6.61 Å². The van der Waals surface area contributed by atoms with E-state index in [1.807, 2.05) is 0 Å². The van der Waals surface area contributed by atoms with E-state index in [0.29, 0.717) is 5.92 Å². The lowest BCUT2D eigenvalue weighted by Gasteiger charge is -2.25. The number of rotatable bonds is 4. The summed E-state index contributed by atoms with van der Waals surface area (Å²) in [5.74, 6) is 5.83. The van der Waals surface area contributed by atoms with Crippen molar-refractivity contribution in [1.82, 2.24) is 5.43 Å². The maximum Gasteiger partial charge on any atom is 0.123 e. The van der Waals surface area contributed by atoms with E-state index in [-0.39, 0.29) is 18.0 Å². The number of halogens is 1. The van der Waals surface area contributed by atoms with E-state index in [4.69, 9.17) is 10.6 Å². The molecule has 1 aromatic rings. The highest BCUT2D eigenvalue weighted by molar-refractivity contribution is 5.17. The number of nitrogens with one attached hydrogen (secondary N) is 1. The van der Waals surface area contributed by atoms with Crippen LogP contribution in [0, 0.1) is 11.7 Å². The van der Waals surface area contributed by atoms with E-state index >= 15 is 0 Å². The Morgan fingerprint density at radius 1 is 1.47 bits per heavy atom. The average Bonchev–Trinajstić information content (AvgIpc) is 2.75. The Kier molecular flexibility index (Phi) is 4.10. The number of hydrazine groups is 1. The third-order valence-corrected chi connectivity index (χ3v) is 3.53. The summed E-state index contributed by atoms with van der Waals surface area (Å²) in [5.41, 5.74) is 3.95. The van der Waals surface area contributed by atoms with Gasteiger partial charge < -0.3 is 4.74 Å². The lowest BCUT2D eigenvalue weighted by atomic mass is 9.89. The van der Waals surface area contributed by atoms with Crippen molar-refractivity contribution in [3.05, 3.63) is 35.6 Å². The predicted octanol–water partition coefficient (Wildman–Crippen LogP) is 1.63. The first-order valence-corrected chi connectivity index (χ1v) is 6.03. The van der Waals surface area contributed by atoms with Crippen LogP contribution < -0.4 is 11.3 Å². The van der Waals surface area contributed by atoms with E-state index < -0.39 is 0 Å². The quantitative estimate of drug-likeness (QED) is 0.619. The van der Waals surface area contributed by atoms with Crippen LogP contribution in [0.25, 0.3) is 0 Å². The van der Waals surface area contributed by atoms with Crippen molar-refractivity contribution >= 4 is 0 Å². The number of ether oxygens (including phenoxy) is 1. The molecule has 0 bridgehead atoms. The molecular weight excluding hydrogens is 219 g/mol. The molecule has 1 aromatic carbocycles. The van der Waals surface area contributed by atoms with Gasteiger partial charge in [-0.15, -0.1) is 0 Å². The van der Waals surface area contributed by atoms with Crippen molar-refractivity contribution in [1.29, 1.82) is 0 Å². The summed E-state index contributed by atoms with van der Waals surface area (Å²) in [7, 11) is 0. The molecule has 0 radical (unpaired) electrons. The SMILES string of the molecule is CC1OCCC1C(Cc1ccc(F)cc1)NN. The monoisotopic (exact) mass is 238 g/mol. The number of nitrogens with two attached hydrogens (primary N) is 1. The maximum atomic E-state index is 12.8. The van der Waals surface area contributed by atoms with Crippen LogP contribution in [-0.2, 0) is 11.2 Å². The van der Waals surface area contributed by atoms with Crippen molar-refractivity contribution < 1.29 is 9.13 Å². The van der Waals surface area contributed by atoms with Crippen LogP contribution in [0.4, 0.5) is 4.39 Å². The van der Waals surface area contributed by atoms with Gasteiger partial charge in [0, 0.05) is 18.6 Å². The number of benzene rings is 1. The molecule has 0 aliphatic carbocycles. The normalized spacial score (nSPS) is 26.1. The average molecular weight is 238 g/mol. The minimum absolute atomic E-state index is 0.179. The zero-order valence-corrected chi connectivity index (χ0v) is 10.0. The topological polar surface area (TPSA) is 47.3 Å². The van der Waals surface area contributed by atoms with E-state index in [9.17, 15) is 4.39 Å². The Balaban J connectivity index is 2.01. The second-order valence-electron chi connectivity index (χ2n) is 4.63. The second kappa shape index (κ2) is 5.58. The standard InChI is InChI=1S/C13H19FN2O/c1-9-12(6-7-17-9)13(16-15)8-10-2-4-11(14)5-3-10/h2-5,9,12-13,16H,6-8,15H2,1H3. The summed E-state index contributed by atoms with van der Waals surface area (Å²) in [6.45, 7) is 2.88. The minimum Gasteiger partial charge on any atom is -0.378 e. The first-order valence-electron chi connectivity index (χ1n) is 6.03. The molecule has 1 aliphatic heterocycles. The van der Waals surface area contributed by atoms with Crippen molar-refractivity contribution in [2.45, 2.75) is 31.9 Å². The molecule has 0 amide bonds. The number of hydrogen-bond donors (Lipinski definition) is 2. The molecule has 1 fully saturated rings. The molecular formula is C13H19FN2O. The Hall–Kier alpha value is -0.970. The molecule has 2 rings (SSSR count). The van der Waals surface area contributed by atoms with Gasteiger partial charge in [-0.25, -0.2) is 4.39 Å². The third-order valence-electron chi connectivity index (χ3n) is 3.53. The molecule has 1 heterocycles. The highest BCUT2D eigenvalue weighted by Gasteiger charge is 2.31. The lowest BCUT2D eigenvalue weighted by molar-refractivity contribution is 0.0954. The van der Waals surface area contributed by atoms with Crippen LogP contribution in [0.3, 0.4) is 0 Å². The molecule has 3 atom stereocenters. The van der Waals surface area contributed by atoms with Crippen LogP contribution in [0.2, 0.25) is 0 Å². The summed E-state index contributed by atoms with van der Waals surface area (Å²) < 4.78 is 18.4. The van der Waals surface area contributed by atoms with Gasteiger partial charge in [-0.2, -0.15) is 0 Å². The van der Waals surface area contributed by atoms with Crippen LogP contribution in [0.5, 0.6) is 0 Å². The molecule has 0 aromatic heterocycles. The minimum atomic E-state index is -0.205. The largest absolute Gasteiger partial charge is 0.378 e. The summed E-state index contributed by atoms with van der Waals surface area (Å²) in [6.07, 6.45) is 2.06. The molecule has 3 unspecified atom stereocenters. The Labute approximate surface area is 101 Å². The molecule has 0 saturated carbocycles. The first kappa shape index (κ1) is 12.5. The van der Waals surface area contributed by atoms with Crippen molar-refractivity contribution in [3.63, 3.8) is 0 Å². The van der Waals surface area contributed by atoms with Crippen molar-refractivity contribution in [3.8, 4) is 0 Å². The Morgan fingerprint density at radius 2 is 2.18 bits per heavy atom. The zero-order chi connectivity index (χ0) is 12.3. The molecule has 1 saturated heterocycles. The van der Waals surface area contributed by atoms with E-state index in [0.717, 1.165) is 25.0 Å². The van der Waals surface area contributed by atoms with Crippen LogP contribution >= 0.6 is 0 Å². The van der Waals surface area contributed by atoms with Gasteiger partial charge in [0.25, 0.3) is 0 Å². The molecule has 94 valence electrons. The second-order valence-corrected chi connectivity index (χ2v) is 4.63. The summed E-state index contributed by atoms with van der Waals surface area (Å²) in [4.78, 5) is 0. The highest BCUT2D eigenvalue weighted by Crippen LogP contribution is 2.25. The predicted molar refractivity (Wildman–Crippen MR) is 64.7 cm³/mol. The highest BCUT2D eigenvalue weighted by atomic mass is 19.1. The fraction of sp³-hybridized carbons (Fsp3) is 0.538. The van der Waals surface area contributed by atoms with Crippen LogP contribution in [0.1, 0.15) is 18.9 Å². The van der Waals surface area contributed by atoms with Gasteiger partial charge in [-0.3, -0.25) is 11.3 Å². The first-order chi connectivity index (χ1) is 8.20. The number of hydrogen-bond acceptors (Lipinski definition) is 3. The van der Waals surface area contributed by atoms with Crippen LogP contribution in [0.15, 0.2) is 24.3 Å². The third kappa shape index (κ3) is 3.03. The van der Waals surface area contributed by atoms with Gasteiger partial charge in [0.1, 0.15) is 5.82 Å². The van der Waals surface area contributed by atoms with Crippen LogP contribution in [-0.4, -0.2) is 18.8 Å². The maximum absolute atomic E-state index is 12.8. The van der Waals surface area contributed by atoms with Gasteiger partial charge in [0.05, 0.1) is 6.10 Å². The lowest BCUT2D eigenvalue weighted by Crippen LogP contribution is -2.44. The summed E-state index contributed by atoms with van der Waals surface area (Å²) >= 11 is 0.